The molecule has 0 bridgehead atoms. The number of pyridine rings is 1. The lowest BCUT2D eigenvalue weighted by Crippen LogP contribution is -2.05. The minimum absolute atomic E-state index is 0.133. The topological polar surface area (TPSA) is 66.6 Å². The zero-order valence-electron chi connectivity index (χ0n) is 15.2. The van der Waals surface area contributed by atoms with Crippen molar-refractivity contribution in [2.75, 3.05) is 5.32 Å². The Morgan fingerprint density at radius 1 is 1.11 bits per heavy atom. The van der Waals surface area contributed by atoms with Crippen LogP contribution >= 0.6 is 0 Å². The average Bonchev–Trinajstić information content (AvgIpc) is 3.11. The van der Waals surface area contributed by atoms with Crippen LogP contribution in [0.2, 0.25) is 0 Å². The number of anilines is 1. The van der Waals surface area contributed by atoms with Crippen molar-refractivity contribution in [1.29, 1.82) is 0 Å². The van der Waals surface area contributed by atoms with Crippen LogP contribution in [-0.2, 0) is 11.4 Å². The van der Waals surface area contributed by atoms with Crippen LogP contribution < -0.4 is 5.32 Å². The van der Waals surface area contributed by atoms with Crippen molar-refractivity contribution in [3.05, 3.63) is 78.4 Å². The molecule has 0 unspecified atom stereocenters. The van der Waals surface area contributed by atoms with Gasteiger partial charge in [-0.3, -0.25) is 4.79 Å². The number of carbonyl (C=O) groups is 1. The molecule has 0 saturated heterocycles. The first-order valence-electron chi connectivity index (χ1n) is 8.80. The van der Waals surface area contributed by atoms with Crippen LogP contribution in [0.1, 0.15) is 12.5 Å². The smallest absolute Gasteiger partial charge is 0.221 e. The largest absolute Gasteiger partial charge is 0.392 e. The second-order valence-electron chi connectivity index (χ2n) is 6.50. The Hall–Kier alpha value is -3.51. The minimum atomic E-state index is -0.429. The Bertz CT molecular complexity index is 1180. The quantitative estimate of drug-likeness (QED) is 0.560. The first-order valence-corrected chi connectivity index (χ1v) is 8.80. The number of amides is 1. The van der Waals surface area contributed by atoms with Gasteiger partial charge >= 0.3 is 0 Å². The number of aliphatic hydroxyl groups excluding tert-OH is 1. The molecular weight excluding hydrogens is 357 g/mol. The highest BCUT2D eigenvalue weighted by atomic mass is 19.1. The predicted molar refractivity (Wildman–Crippen MR) is 106 cm³/mol. The maximum absolute atomic E-state index is 14.0. The standard InChI is InChI=1S/C22H18FN3O2/c1-14(28)24-17-5-2-4-15(10-17)21-12-26-11-16(8-9-22(26)25-21)18-6-3-7-20(23)19(18)13-27/h2-12,27H,13H2,1H3,(H,24,28). The molecule has 0 aliphatic heterocycles. The third kappa shape index (κ3) is 3.37. The molecule has 4 aromatic rings. The fraction of sp³-hybridized carbons (Fsp3) is 0.0909. The first kappa shape index (κ1) is 17.9. The third-order valence-corrected chi connectivity index (χ3v) is 4.52. The van der Waals surface area contributed by atoms with Gasteiger partial charge in [-0.25, -0.2) is 9.37 Å². The molecule has 4 rings (SSSR count). The normalized spacial score (nSPS) is 11.0. The van der Waals surface area contributed by atoms with Gasteiger partial charge in [0.1, 0.15) is 11.5 Å². The number of fused-ring (bicyclic) bond motifs is 1. The van der Waals surface area contributed by atoms with Gasteiger partial charge in [0.2, 0.25) is 5.91 Å². The lowest BCUT2D eigenvalue weighted by atomic mass is 10.0. The summed E-state index contributed by atoms with van der Waals surface area (Å²) in [4.78, 5) is 15.9. The second-order valence-corrected chi connectivity index (χ2v) is 6.50. The molecule has 0 aliphatic carbocycles. The number of aliphatic hydroxyl groups is 1. The van der Waals surface area contributed by atoms with Gasteiger partial charge < -0.3 is 14.8 Å². The molecule has 0 radical (unpaired) electrons. The number of carbonyl (C=O) groups excluding carboxylic acids is 1. The maximum atomic E-state index is 14.0. The molecule has 0 fully saturated rings. The summed E-state index contributed by atoms with van der Waals surface area (Å²) >= 11 is 0. The van der Waals surface area contributed by atoms with Crippen molar-refractivity contribution in [1.82, 2.24) is 9.38 Å². The van der Waals surface area contributed by atoms with E-state index in [9.17, 15) is 14.3 Å². The SMILES string of the molecule is CC(=O)Nc1cccc(-c2cn3cc(-c4cccc(F)c4CO)ccc3n2)c1. The van der Waals surface area contributed by atoms with E-state index in [2.05, 4.69) is 10.3 Å². The Morgan fingerprint density at radius 2 is 1.93 bits per heavy atom. The van der Waals surface area contributed by atoms with Gasteiger partial charge in [0.15, 0.2) is 0 Å². The molecular formula is C22H18FN3O2. The molecule has 2 heterocycles. The number of nitrogens with one attached hydrogen (secondary N) is 1. The summed E-state index contributed by atoms with van der Waals surface area (Å²) in [6, 6.07) is 15.9. The van der Waals surface area contributed by atoms with Crippen molar-refractivity contribution in [3.8, 4) is 22.4 Å². The molecule has 1 amide bonds. The molecule has 2 aromatic carbocycles. The summed E-state index contributed by atoms with van der Waals surface area (Å²) < 4.78 is 15.9. The number of rotatable bonds is 4. The highest BCUT2D eigenvalue weighted by molar-refractivity contribution is 5.89. The van der Waals surface area contributed by atoms with Crippen LogP contribution in [0.4, 0.5) is 10.1 Å². The van der Waals surface area contributed by atoms with Crippen LogP contribution in [0.25, 0.3) is 28.0 Å². The van der Waals surface area contributed by atoms with Crippen molar-refractivity contribution in [3.63, 3.8) is 0 Å². The molecule has 140 valence electrons. The molecule has 0 aliphatic rings. The van der Waals surface area contributed by atoms with Gasteiger partial charge in [-0.15, -0.1) is 0 Å². The Balaban J connectivity index is 1.76. The van der Waals surface area contributed by atoms with Crippen molar-refractivity contribution < 1.29 is 14.3 Å². The van der Waals surface area contributed by atoms with Gasteiger partial charge in [-0.05, 0) is 41.5 Å². The van der Waals surface area contributed by atoms with E-state index in [0.717, 1.165) is 22.5 Å². The maximum Gasteiger partial charge on any atom is 0.221 e. The minimum Gasteiger partial charge on any atom is -0.392 e. The number of nitrogens with zero attached hydrogens (tertiary/aromatic N) is 2. The van der Waals surface area contributed by atoms with E-state index >= 15 is 0 Å². The van der Waals surface area contributed by atoms with E-state index in [4.69, 9.17) is 0 Å². The van der Waals surface area contributed by atoms with Gasteiger partial charge in [0, 0.05) is 36.1 Å². The summed E-state index contributed by atoms with van der Waals surface area (Å²) in [6.07, 6.45) is 3.74. The Labute approximate surface area is 161 Å². The molecule has 6 heteroatoms. The van der Waals surface area contributed by atoms with Gasteiger partial charge in [-0.1, -0.05) is 24.3 Å². The third-order valence-electron chi connectivity index (χ3n) is 4.52. The van der Waals surface area contributed by atoms with Gasteiger partial charge in [0.25, 0.3) is 0 Å². The van der Waals surface area contributed by atoms with Crippen molar-refractivity contribution >= 4 is 17.2 Å². The van der Waals surface area contributed by atoms with E-state index in [0.29, 0.717) is 11.3 Å². The number of hydrogen-bond donors (Lipinski definition) is 2. The summed E-state index contributed by atoms with van der Waals surface area (Å²) in [6.45, 7) is 1.09. The number of halogens is 1. The van der Waals surface area contributed by atoms with E-state index in [1.54, 1.807) is 12.1 Å². The fourth-order valence-corrected chi connectivity index (χ4v) is 3.24. The van der Waals surface area contributed by atoms with E-state index in [1.807, 2.05) is 53.2 Å². The molecule has 0 saturated carbocycles. The zero-order valence-corrected chi connectivity index (χ0v) is 15.2. The van der Waals surface area contributed by atoms with Gasteiger partial charge in [0.05, 0.1) is 12.3 Å². The Morgan fingerprint density at radius 3 is 2.71 bits per heavy atom. The van der Waals surface area contributed by atoms with E-state index < -0.39 is 5.82 Å². The van der Waals surface area contributed by atoms with Crippen LogP contribution in [0.3, 0.4) is 0 Å². The summed E-state index contributed by atoms with van der Waals surface area (Å²) in [5.74, 6) is -0.562. The number of hydrogen-bond acceptors (Lipinski definition) is 3. The number of benzene rings is 2. The first-order chi connectivity index (χ1) is 13.5. The van der Waals surface area contributed by atoms with Crippen molar-refractivity contribution in [2.24, 2.45) is 0 Å². The average molecular weight is 375 g/mol. The number of imidazole rings is 1. The summed E-state index contributed by atoms with van der Waals surface area (Å²) in [7, 11) is 0. The lowest BCUT2D eigenvalue weighted by molar-refractivity contribution is -0.114. The lowest BCUT2D eigenvalue weighted by Gasteiger charge is -2.09. The summed E-state index contributed by atoms with van der Waals surface area (Å²) in [5, 5.41) is 12.3. The molecule has 28 heavy (non-hydrogen) atoms. The Kier molecular flexibility index (Phi) is 4.63. The zero-order chi connectivity index (χ0) is 19.7. The second kappa shape index (κ2) is 7.25. The van der Waals surface area contributed by atoms with E-state index in [-0.39, 0.29) is 18.1 Å². The fourth-order valence-electron chi connectivity index (χ4n) is 3.24. The number of aromatic nitrogens is 2. The van der Waals surface area contributed by atoms with Crippen LogP contribution in [0.5, 0.6) is 0 Å². The predicted octanol–water partition coefficient (Wildman–Crippen LogP) is 4.26. The monoisotopic (exact) mass is 375 g/mol. The molecule has 5 nitrogen and oxygen atoms in total. The molecule has 2 aromatic heterocycles. The molecule has 0 spiro atoms. The van der Waals surface area contributed by atoms with Crippen LogP contribution in [0, 0.1) is 5.82 Å². The molecule has 0 atom stereocenters. The van der Waals surface area contributed by atoms with Gasteiger partial charge in [-0.2, -0.15) is 0 Å². The van der Waals surface area contributed by atoms with E-state index in [1.165, 1.54) is 13.0 Å². The molecule has 2 N–H and O–H groups in total. The highest BCUT2D eigenvalue weighted by Crippen LogP contribution is 2.28. The van der Waals surface area contributed by atoms with Crippen LogP contribution in [-0.4, -0.2) is 20.4 Å². The van der Waals surface area contributed by atoms with Crippen molar-refractivity contribution in [2.45, 2.75) is 13.5 Å². The highest BCUT2D eigenvalue weighted by Gasteiger charge is 2.11. The summed E-state index contributed by atoms with van der Waals surface area (Å²) in [5.41, 5.74) is 4.77. The van der Waals surface area contributed by atoms with Crippen LogP contribution in [0.15, 0.2) is 67.0 Å².